The monoisotopic (exact) mass is 306 g/mol. The normalized spacial score (nSPS) is 13.0. The van der Waals surface area contributed by atoms with Gasteiger partial charge in [-0.2, -0.15) is 0 Å². The zero-order valence-corrected chi connectivity index (χ0v) is 14.1. The largest absolute Gasteiger partial charge is 0.454 e. The number of nitrogens with one attached hydrogen (secondary N) is 1. The average Bonchev–Trinajstić information content (AvgIpc) is 3.01. The highest BCUT2D eigenvalue weighted by atomic mass is 16.7. The maximum atomic E-state index is 5.41. The maximum Gasteiger partial charge on any atom is 0.231 e. The molecule has 2 rings (SSSR count). The van der Waals surface area contributed by atoms with Gasteiger partial charge in [-0.1, -0.05) is 32.8 Å². The van der Waals surface area contributed by atoms with Gasteiger partial charge < -0.3 is 19.7 Å². The van der Waals surface area contributed by atoms with Crippen molar-refractivity contribution < 1.29 is 9.47 Å². The molecule has 0 amide bonds. The minimum atomic E-state index is 0.343. The molecule has 1 N–H and O–H groups in total. The molecule has 0 spiro atoms. The number of hydrogen-bond donors (Lipinski definition) is 1. The van der Waals surface area contributed by atoms with E-state index in [0.29, 0.717) is 6.79 Å². The third kappa shape index (κ3) is 5.50. The fourth-order valence-electron chi connectivity index (χ4n) is 2.62. The van der Waals surface area contributed by atoms with Crippen LogP contribution in [-0.2, 0) is 6.54 Å². The van der Waals surface area contributed by atoms with Crippen molar-refractivity contribution in [3.05, 3.63) is 23.8 Å². The second-order valence-electron chi connectivity index (χ2n) is 5.91. The van der Waals surface area contributed by atoms with E-state index >= 15 is 0 Å². The van der Waals surface area contributed by atoms with Crippen molar-refractivity contribution in [3.63, 3.8) is 0 Å². The Hall–Kier alpha value is -1.26. The molecule has 1 aliphatic rings. The molecule has 4 heteroatoms. The molecule has 0 fully saturated rings. The number of unbranched alkanes of at least 4 members (excludes halogenated alkanes) is 2. The molecule has 0 saturated carbocycles. The smallest absolute Gasteiger partial charge is 0.231 e. The Labute approximate surface area is 134 Å². The number of nitrogens with zero attached hydrogens (tertiary/aromatic N) is 1. The van der Waals surface area contributed by atoms with E-state index in [9.17, 15) is 0 Å². The Morgan fingerprint density at radius 1 is 1.00 bits per heavy atom. The fraction of sp³-hybridized carbons (Fsp3) is 0.667. The van der Waals surface area contributed by atoms with Crippen molar-refractivity contribution in [2.45, 2.75) is 46.1 Å². The lowest BCUT2D eigenvalue weighted by molar-refractivity contribution is 0.174. The van der Waals surface area contributed by atoms with Gasteiger partial charge in [-0.3, -0.25) is 0 Å². The number of rotatable bonds is 11. The van der Waals surface area contributed by atoms with Crippen molar-refractivity contribution in [3.8, 4) is 11.5 Å². The number of ether oxygens (including phenoxy) is 2. The van der Waals surface area contributed by atoms with Crippen LogP contribution >= 0.6 is 0 Å². The molecule has 0 saturated heterocycles. The van der Waals surface area contributed by atoms with E-state index in [4.69, 9.17) is 9.47 Å². The Bertz CT molecular complexity index is 429. The van der Waals surface area contributed by atoms with Crippen molar-refractivity contribution in [1.82, 2.24) is 10.2 Å². The molecule has 0 aliphatic carbocycles. The summed E-state index contributed by atoms with van der Waals surface area (Å²) in [5.41, 5.74) is 1.25. The molecule has 124 valence electrons. The summed E-state index contributed by atoms with van der Waals surface area (Å²) < 4.78 is 10.8. The second-order valence-corrected chi connectivity index (χ2v) is 5.91. The molecule has 0 aromatic heterocycles. The van der Waals surface area contributed by atoms with Crippen LogP contribution in [0.3, 0.4) is 0 Å². The van der Waals surface area contributed by atoms with E-state index in [2.05, 4.69) is 36.2 Å². The molecule has 1 aromatic rings. The molecule has 0 bridgehead atoms. The lowest BCUT2D eigenvalue weighted by Crippen LogP contribution is -2.33. The van der Waals surface area contributed by atoms with Gasteiger partial charge in [-0.25, -0.2) is 0 Å². The van der Waals surface area contributed by atoms with Crippen LogP contribution in [0, 0.1) is 0 Å². The van der Waals surface area contributed by atoms with E-state index in [1.165, 1.54) is 44.3 Å². The van der Waals surface area contributed by atoms with Gasteiger partial charge in [0.2, 0.25) is 6.79 Å². The molecule has 4 nitrogen and oxygen atoms in total. The van der Waals surface area contributed by atoms with Gasteiger partial charge in [0.25, 0.3) is 0 Å². The first-order chi connectivity index (χ1) is 10.8. The minimum absolute atomic E-state index is 0.343. The highest BCUT2D eigenvalue weighted by molar-refractivity contribution is 5.44. The zero-order valence-electron chi connectivity index (χ0n) is 14.1. The van der Waals surface area contributed by atoms with Crippen LogP contribution in [0.2, 0.25) is 0 Å². The quantitative estimate of drug-likeness (QED) is 0.635. The van der Waals surface area contributed by atoms with Gasteiger partial charge >= 0.3 is 0 Å². The predicted octanol–water partition coefficient (Wildman–Crippen LogP) is 3.41. The average molecular weight is 306 g/mol. The van der Waals surface area contributed by atoms with Gasteiger partial charge in [0, 0.05) is 19.6 Å². The molecule has 0 atom stereocenters. The maximum absolute atomic E-state index is 5.41. The van der Waals surface area contributed by atoms with E-state index in [1.54, 1.807) is 0 Å². The zero-order chi connectivity index (χ0) is 15.6. The van der Waals surface area contributed by atoms with Crippen LogP contribution in [0.15, 0.2) is 18.2 Å². The second kappa shape index (κ2) is 9.70. The first kappa shape index (κ1) is 17.1. The van der Waals surface area contributed by atoms with Crippen molar-refractivity contribution in [2.75, 3.05) is 33.0 Å². The van der Waals surface area contributed by atoms with Crippen LogP contribution < -0.4 is 14.8 Å². The van der Waals surface area contributed by atoms with Gasteiger partial charge in [-0.05, 0) is 43.6 Å². The summed E-state index contributed by atoms with van der Waals surface area (Å²) in [5.74, 6) is 1.72. The Balaban J connectivity index is 1.68. The molecule has 1 aliphatic heterocycles. The van der Waals surface area contributed by atoms with Crippen LogP contribution in [0.1, 0.15) is 45.1 Å². The lowest BCUT2D eigenvalue weighted by atomic mass is 10.2. The molecular weight excluding hydrogens is 276 g/mol. The van der Waals surface area contributed by atoms with Gasteiger partial charge in [0.15, 0.2) is 11.5 Å². The Morgan fingerprint density at radius 2 is 1.73 bits per heavy atom. The highest BCUT2D eigenvalue weighted by Crippen LogP contribution is 2.32. The van der Waals surface area contributed by atoms with Crippen LogP contribution in [0.5, 0.6) is 11.5 Å². The molecule has 0 radical (unpaired) electrons. The SMILES string of the molecule is CCCCN(CCCC)CCNCc1ccc2c(c1)OCO2. The number of hydrogen-bond acceptors (Lipinski definition) is 4. The van der Waals surface area contributed by atoms with Crippen LogP contribution in [0.4, 0.5) is 0 Å². The molecule has 1 aromatic carbocycles. The van der Waals surface area contributed by atoms with E-state index in [1.807, 2.05) is 6.07 Å². The summed E-state index contributed by atoms with van der Waals surface area (Å²) in [5, 5.41) is 3.54. The van der Waals surface area contributed by atoms with Crippen molar-refractivity contribution >= 4 is 0 Å². The van der Waals surface area contributed by atoms with Crippen LogP contribution in [0.25, 0.3) is 0 Å². The van der Waals surface area contributed by atoms with Gasteiger partial charge in [-0.15, -0.1) is 0 Å². The molecule has 1 heterocycles. The summed E-state index contributed by atoms with van der Waals surface area (Å²) in [6.45, 7) is 10.4. The summed E-state index contributed by atoms with van der Waals surface area (Å²) in [4.78, 5) is 2.58. The van der Waals surface area contributed by atoms with E-state index < -0.39 is 0 Å². The first-order valence-electron chi connectivity index (χ1n) is 8.65. The standard InChI is InChI=1S/C18H30N2O2/c1-3-5-10-20(11-6-4-2)12-9-19-14-16-7-8-17-18(13-16)22-15-21-17/h7-8,13,19H,3-6,9-12,14-15H2,1-2H3. The fourth-order valence-corrected chi connectivity index (χ4v) is 2.62. The van der Waals surface area contributed by atoms with Crippen LogP contribution in [-0.4, -0.2) is 37.9 Å². The van der Waals surface area contributed by atoms with E-state index in [-0.39, 0.29) is 0 Å². The summed E-state index contributed by atoms with van der Waals surface area (Å²) in [6.07, 6.45) is 5.14. The van der Waals surface area contributed by atoms with E-state index in [0.717, 1.165) is 31.1 Å². The summed E-state index contributed by atoms with van der Waals surface area (Å²) in [7, 11) is 0. The topological polar surface area (TPSA) is 33.7 Å². The Kier molecular flexibility index (Phi) is 7.54. The molecular formula is C18H30N2O2. The van der Waals surface area contributed by atoms with Gasteiger partial charge in [0.1, 0.15) is 0 Å². The van der Waals surface area contributed by atoms with Crippen molar-refractivity contribution in [1.29, 1.82) is 0 Å². The number of benzene rings is 1. The van der Waals surface area contributed by atoms with Crippen molar-refractivity contribution in [2.24, 2.45) is 0 Å². The van der Waals surface area contributed by atoms with Gasteiger partial charge in [0.05, 0.1) is 0 Å². The lowest BCUT2D eigenvalue weighted by Gasteiger charge is -2.22. The predicted molar refractivity (Wildman–Crippen MR) is 90.5 cm³/mol. The Morgan fingerprint density at radius 3 is 2.45 bits per heavy atom. The minimum Gasteiger partial charge on any atom is -0.454 e. The third-order valence-corrected chi connectivity index (χ3v) is 4.03. The molecule has 0 unspecified atom stereocenters. The summed E-state index contributed by atoms with van der Waals surface area (Å²) >= 11 is 0. The number of fused-ring (bicyclic) bond motifs is 1. The third-order valence-electron chi connectivity index (χ3n) is 4.03. The highest BCUT2D eigenvalue weighted by Gasteiger charge is 2.12. The molecule has 22 heavy (non-hydrogen) atoms. The summed E-state index contributed by atoms with van der Waals surface area (Å²) in [6, 6.07) is 6.17. The first-order valence-corrected chi connectivity index (χ1v) is 8.65.